The van der Waals surface area contributed by atoms with Gasteiger partial charge < -0.3 is 4.42 Å². The monoisotopic (exact) mass is 524 g/mol. The smallest absolute Gasteiger partial charge is 0.283 e. The van der Waals surface area contributed by atoms with Gasteiger partial charge in [-0.1, -0.05) is 77.6 Å². The number of furan rings is 1. The molecule has 34 heavy (non-hydrogen) atoms. The third-order valence-corrected chi connectivity index (χ3v) is 7.95. The molecule has 170 valence electrons. The third-order valence-electron chi connectivity index (χ3n) is 4.89. The standard InChI is InChI=1S/C24H17ClN4O2S3/c25-17-8-6-16(7-9-17)13-32-20-11-10-18(31-20)12-19-21(26)29-23(27-22(19)30)34-28-24(29)33-14-15-4-2-1-3-5-15/h1-12,26H,13-14H2/b19-12-,26-21?. The molecule has 0 aliphatic carbocycles. The molecule has 0 unspecified atom stereocenters. The zero-order valence-electron chi connectivity index (χ0n) is 17.6. The molecule has 3 heterocycles. The first-order valence-corrected chi connectivity index (χ1v) is 13.3. The van der Waals surface area contributed by atoms with E-state index in [0.29, 0.717) is 26.9 Å². The van der Waals surface area contributed by atoms with Crippen LogP contribution in [0.15, 0.2) is 91.2 Å². The van der Waals surface area contributed by atoms with Crippen LogP contribution in [0.3, 0.4) is 0 Å². The van der Waals surface area contributed by atoms with E-state index in [9.17, 15) is 4.79 Å². The predicted molar refractivity (Wildman–Crippen MR) is 142 cm³/mol. The summed E-state index contributed by atoms with van der Waals surface area (Å²) in [5.74, 6) is 1.50. The summed E-state index contributed by atoms with van der Waals surface area (Å²) >= 11 is 10.1. The minimum absolute atomic E-state index is 0.0473. The molecule has 2 aromatic carbocycles. The van der Waals surface area contributed by atoms with E-state index in [0.717, 1.165) is 33.9 Å². The van der Waals surface area contributed by atoms with Gasteiger partial charge in [-0.15, -0.1) is 0 Å². The van der Waals surface area contributed by atoms with E-state index in [-0.39, 0.29) is 11.4 Å². The van der Waals surface area contributed by atoms with Gasteiger partial charge in [0.05, 0.1) is 17.5 Å². The molecule has 2 aliphatic rings. The van der Waals surface area contributed by atoms with Crippen LogP contribution in [0.5, 0.6) is 0 Å². The summed E-state index contributed by atoms with van der Waals surface area (Å²) in [7, 11) is 0. The Morgan fingerprint density at radius 2 is 1.74 bits per heavy atom. The number of amidine groups is 3. The summed E-state index contributed by atoms with van der Waals surface area (Å²) in [4.78, 5) is 18.4. The minimum atomic E-state index is -0.472. The predicted octanol–water partition coefficient (Wildman–Crippen LogP) is 6.74. The summed E-state index contributed by atoms with van der Waals surface area (Å²) < 4.78 is 10.3. The van der Waals surface area contributed by atoms with Crippen molar-refractivity contribution in [3.05, 3.63) is 94.2 Å². The molecule has 2 aliphatic heterocycles. The van der Waals surface area contributed by atoms with E-state index in [1.165, 1.54) is 11.8 Å². The van der Waals surface area contributed by atoms with Crippen LogP contribution in [0.1, 0.15) is 16.9 Å². The molecule has 3 aromatic rings. The zero-order valence-corrected chi connectivity index (χ0v) is 20.8. The quantitative estimate of drug-likeness (QED) is 0.218. The fourth-order valence-corrected chi connectivity index (χ4v) is 5.93. The second kappa shape index (κ2) is 10.3. The summed E-state index contributed by atoms with van der Waals surface area (Å²) in [6, 6.07) is 21.3. The highest BCUT2D eigenvalue weighted by Crippen LogP contribution is 2.33. The number of nitrogens with zero attached hydrogens (tertiary/aromatic N) is 3. The molecule has 1 aromatic heterocycles. The van der Waals surface area contributed by atoms with E-state index in [1.807, 2.05) is 60.7 Å². The van der Waals surface area contributed by atoms with Crippen molar-refractivity contribution in [1.29, 1.82) is 5.41 Å². The van der Waals surface area contributed by atoms with Crippen LogP contribution in [-0.4, -0.2) is 27.0 Å². The molecule has 1 amide bonds. The number of aliphatic imine (C=N–C) groups is 1. The fourth-order valence-electron chi connectivity index (χ4n) is 3.18. The van der Waals surface area contributed by atoms with Gasteiger partial charge >= 0.3 is 0 Å². The number of carbonyl (C=O) groups is 1. The maximum absolute atomic E-state index is 12.6. The van der Waals surface area contributed by atoms with Crippen LogP contribution < -0.4 is 0 Å². The molecule has 0 atom stereocenters. The van der Waals surface area contributed by atoms with E-state index >= 15 is 0 Å². The van der Waals surface area contributed by atoms with Crippen LogP contribution in [0, 0.1) is 5.41 Å². The molecule has 0 fully saturated rings. The number of rotatable bonds is 6. The maximum atomic E-state index is 12.6. The number of nitrogens with one attached hydrogen (secondary N) is 1. The average molecular weight is 525 g/mol. The molecule has 5 rings (SSSR count). The van der Waals surface area contributed by atoms with Crippen molar-refractivity contribution in [3.8, 4) is 0 Å². The number of halogens is 1. The lowest BCUT2D eigenvalue weighted by molar-refractivity contribution is -0.114. The number of fused-ring (bicyclic) bond motifs is 1. The van der Waals surface area contributed by atoms with Gasteiger partial charge in [0.25, 0.3) is 5.91 Å². The van der Waals surface area contributed by atoms with Crippen molar-refractivity contribution >= 4 is 75.2 Å². The molecule has 6 nitrogen and oxygen atoms in total. The molecule has 0 saturated carbocycles. The van der Waals surface area contributed by atoms with Crippen molar-refractivity contribution in [2.24, 2.45) is 9.39 Å². The first-order chi connectivity index (χ1) is 16.6. The van der Waals surface area contributed by atoms with Gasteiger partial charge in [0.1, 0.15) is 11.6 Å². The van der Waals surface area contributed by atoms with Gasteiger partial charge in [0.15, 0.2) is 10.3 Å². The van der Waals surface area contributed by atoms with Crippen molar-refractivity contribution in [2.45, 2.75) is 16.6 Å². The molecule has 10 heteroatoms. The maximum Gasteiger partial charge on any atom is 0.283 e. The van der Waals surface area contributed by atoms with Crippen LogP contribution in [0.2, 0.25) is 5.02 Å². The largest absolute Gasteiger partial charge is 0.450 e. The Morgan fingerprint density at radius 1 is 1.00 bits per heavy atom. The normalized spacial score (nSPS) is 16.6. The van der Waals surface area contributed by atoms with E-state index in [1.54, 1.807) is 28.8 Å². The van der Waals surface area contributed by atoms with Crippen molar-refractivity contribution in [3.63, 3.8) is 0 Å². The van der Waals surface area contributed by atoms with Gasteiger partial charge in [-0.05, 0) is 41.5 Å². The van der Waals surface area contributed by atoms with Crippen molar-refractivity contribution < 1.29 is 9.21 Å². The Hall–Kier alpha value is -2.72. The lowest BCUT2D eigenvalue weighted by Gasteiger charge is -2.24. The third kappa shape index (κ3) is 5.17. The number of benzene rings is 2. The molecular formula is C24H17ClN4O2S3. The Kier molecular flexibility index (Phi) is 6.96. The average Bonchev–Trinajstić information content (AvgIpc) is 3.47. The highest BCUT2D eigenvalue weighted by molar-refractivity contribution is 8.18. The Labute approximate surface area is 214 Å². The topological polar surface area (TPSA) is 82.0 Å². The lowest BCUT2D eigenvalue weighted by Crippen LogP contribution is -2.41. The number of hydrogen-bond donors (Lipinski definition) is 1. The second-order valence-electron chi connectivity index (χ2n) is 7.25. The van der Waals surface area contributed by atoms with E-state index in [4.69, 9.17) is 21.4 Å². The van der Waals surface area contributed by atoms with Crippen LogP contribution in [-0.2, 0) is 16.3 Å². The highest BCUT2D eigenvalue weighted by Gasteiger charge is 2.37. The van der Waals surface area contributed by atoms with Gasteiger partial charge in [-0.3, -0.25) is 10.2 Å². The molecule has 0 spiro atoms. The lowest BCUT2D eigenvalue weighted by atomic mass is 10.1. The first-order valence-electron chi connectivity index (χ1n) is 10.2. The first kappa shape index (κ1) is 23.0. The second-order valence-corrected chi connectivity index (χ2v) is 10.3. The number of amides is 1. The SMILES string of the molecule is N=C1/C(=C/c2ccc(SCc3ccc(Cl)cc3)o2)C(=O)N=C2SN=C(SCc3ccccc3)N12. The van der Waals surface area contributed by atoms with E-state index in [2.05, 4.69) is 9.39 Å². The van der Waals surface area contributed by atoms with Gasteiger partial charge in [0, 0.05) is 16.5 Å². The molecular weight excluding hydrogens is 508 g/mol. The van der Waals surface area contributed by atoms with Gasteiger partial charge in [0.2, 0.25) is 5.17 Å². The summed E-state index contributed by atoms with van der Waals surface area (Å²) in [5.41, 5.74) is 2.45. The van der Waals surface area contributed by atoms with Crippen LogP contribution >= 0.6 is 47.1 Å². The highest BCUT2D eigenvalue weighted by atomic mass is 35.5. The molecule has 1 N–H and O–H groups in total. The van der Waals surface area contributed by atoms with Gasteiger partial charge in [-0.2, -0.15) is 9.39 Å². The molecule has 0 saturated heterocycles. The Balaban J connectivity index is 1.28. The summed E-state index contributed by atoms with van der Waals surface area (Å²) in [6.45, 7) is 0. The van der Waals surface area contributed by atoms with Crippen molar-refractivity contribution in [1.82, 2.24) is 4.90 Å². The summed E-state index contributed by atoms with van der Waals surface area (Å²) in [5, 5.41) is 11.1. The zero-order chi connectivity index (χ0) is 23.5. The molecule has 0 bridgehead atoms. The van der Waals surface area contributed by atoms with Gasteiger partial charge in [-0.25, -0.2) is 4.90 Å². The van der Waals surface area contributed by atoms with Crippen LogP contribution in [0.25, 0.3) is 6.08 Å². The van der Waals surface area contributed by atoms with E-state index < -0.39 is 5.91 Å². The minimum Gasteiger partial charge on any atom is -0.450 e. The Bertz CT molecular complexity index is 1330. The number of hydrogen-bond acceptors (Lipinski definition) is 7. The van der Waals surface area contributed by atoms with Crippen molar-refractivity contribution in [2.75, 3.05) is 0 Å². The molecule has 0 radical (unpaired) electrons. The number of carbonyl (C=O) groups excluding carboxylic acids is 1. The fraction of sp³-hybridized carbons (Fsp3) is 0.0833. The number of thioether (sulfide) groups is 2. The van der Waals surface area contributed by atoms with Crippen LogP contribution in [0.4, 0.5) is 0 Å². The summed E-state index contributed by atoms with van der Waals surface area (Å²) in [6.07, 6.45) is 1.57. The Morgan fingerprint density at radius 3 is 2.53 bits per heavy atom.